The summed E-state index contributed by atoms with van der Waals surface area (Å²) in [5, 5.41) is 1.06. The van der Waals surface area contributed by atoms with Gasteiger partial charge in [0.25, 0.3) is 0 Å². The number of aromatic nitrogens is 3. The van der Waals surface area contributed by atoms with Gasteiger partial charge in [0.15, 0.2) is 19.9 Å². The summed E-state index contributed by atoms with van der Waals surface area (Å²) in [4.78, 5) is 15.6. The van der Waals surface area contributed by atoms with Gasteiger partial charge in [-0.15, -0.1) is 0 Å². The number of hydrazine groups is 1. The molecule has 0 saturated heterocycles. The number of hydrogen-bond acceptors (Lipinski definition) is 9. The van der Waals surface area contributed by atoms with E-state index in [9.17, 15) is 8.76 Å². The molecule has 8 nitrogen and oxygen atoms in total. The predicted octanol–water partition coefficient (Wildman–Crippen LogP) is 6.28. The fraction of sp³-hybridized carbons (Fsp3) is 0.0455. The van der Waals surface area contributed by atoms with Crippen LogP contribution in [-0.4, -0.2) is 23.7 Å². The van der Waals surface area contributed by atoms with Crippen molar-refractivity contribution >= 4 is 58.9 Å². The van der Waals surface area contributed by atoms with Crippen LogP contribution < -0.4 is 10.9 Å². The summed E-state index contributed by atoms with van der Waals surface area (Å²) in [7, 11) is -1.57. The van der Waals surface area contributed by atoms with Crippen molar-refractivity contribution < 1.29 is 8.76 Å². The van der Waals surface area contributed by atoms with Crippen molar-refractivity contribution in [3.8, 4) is 0 Å². The highest BCUT2D eigenvalue weighted by molar-refractivity contribution is 8.35. The average molecular weight is 529 g/mol. The van der Waals surface area contributed by atoms with Crippen LogP contribution in [0.4, 0.5) is 17.3 Å². The van der Waals surface area contributed by atoms with Gasteiger partial charge < -0.3 is 0 Å². The Hall–Kier alpha value is -2.69. The molecular weight excluding hydrogens is 507 g/mol. The van der Waals surface area contributed by atoms with Crippen molar-refractivity contribution in [2.45, 2.75) is 27.0 Å². The average Bonchev–Trinajstić information content (AvgIpc) is 2.79. The van der Waals surface area contributed by atoms with E-state index in [0.29, 0.717) is 27.6 Å². The van der Waals surface area contributed by atoms with E-state index in [4.69, 9.17) is 0 Å². The van der Waals surface area contributed by atoms with E-state index in [-0.39, 0.29) is 0 Å². The van der Waals surface area contributed by atoms with E-state index in [2.05, 4.69) is 30.2 Å². The van der Waals surface area contributed by atoms with Crippen LogP contribution in [0.5, 0.6) is 0 Å². The second-order valence-electron chi connectivity index (χ2n) is 6.95. The summed E-state index contributed by atoms with van der Waals surface area (Å²) in [6.45, 7) is 1.88. The molecule has 2 unspecified atom stereocenters. The maximum absolute atomic E-state index is 11.8. The van der Waals surface area contributed by atoms with Gasteiger partial charge >= 0.3 is 0 Å². The molecule has 3 N–H and O–H groups in total. The van der Waals surface area contributed by atoms with Gasteiger partial charge in [0.1, 0.15) is 5.69 Å². The Balaban J connectivity index is 1.62. The van der Waals surface area contributed by atoms with Gasteiger partial charge in [-0.1, -0.05) is 42.5 Å². The first kappa shape index (κ1) is 24.4. The van der Waals surface area contributed by atoms with Gasteiger partial charge in [-0.25, -0.2) is 4.21 Å². The van der Waals surface area contributed by atoms with Crippen LogP contribution >= 0.6 is 32.0 Å². The third-order valence-electron chi connectivity index (χ3n) is 4.19. The largest absolute Gasteiger partial charge is 0.298 e. The van der Waals surface area contributed by atoms with Crippen LogP contribution in [0, 0.1) is 6.92 Å². The lowest BCUT2D eigenvalue weighted by Crippen LogP contribution is -2.13. The molecular formula is C22H21N6O2PS3. The van der Waals surface area contributed by atoms with Crippen molar-refractivity contribution in [1.82, 2.24) is 15.0 Å². The topological polar surface area (TPSA) is 112 Å². The van der Waals surface area contributed by atoms with E-state index < -0.39 is 9.63 Å². The van der Waals surface area contributed by atoms with E-state index >= 15 is 0 Å². The van der Waals surface area contributed by atoms with Gasteiger partial charge in [-0.3, -0.25) is 15.4 Å². The Morgan fingerprint density at radius 2 is 1.41 bits per heavy atom. The van der Waals surface area contributed by atoms with Crippen LogP contribution in [-0.2, 0) is 9.63 Å². The lowest BCUT2D eigenvalue weighted by molar-refractivity contribution is 0.570. The highest BCUT2D eigenvalue weighted by atomic mass is 32.7. The van der Waals surface area contributed by atoms with Crippen molar-refractivity contribution in [1.29, 1.82) is 0 Å². The summed E-state index contributed by atoms with van der Waals surface area (Å²) < 4.78 is 25.4. The monoisotopic (exact) mass is 528 g/mol. The van der Waals surface area contributed by atoms with Gasteiger partial charge in [0.05, 0.1) is 5.69 Å². The van der Waals surface area contributed by atoms with Crippen molar-refractivity contribution in [2.75, 3.05) is 10.9 Å². The van der Waals surface area contributed by atoms with Crippen LogP contribution in [0.15, 0.2) is 103 Å². The molecule has 0 fully saturated rings. The number of nitrogens with zero attached hydrogens (tertiary/aromatic N) is 4. The highest BCUT2D eigenvalue weighted by Gasteiger charge is 2.11. The first-order chi connectivity index (χ1) is 16.3. The quantitative estimate of drug-likeness (QED) is 0.179. The number of aryl methyl sites for hydroxylation is 1. The maximum atomic E-state index is 11.8. The number of anilines is 2. The molecule has 3 aromatic carbocycles. The lowest BCUT2D eigenvalue weighted by Gasteiger charge is -2.13. The van der Waals surface area contributed by atoms with Crippen molar-refractivity contribution in [3.05, 3.63) is 84.4 Å². The van der Waals surface area contributed by atoms with Gasteiger partial charge in [-0.05, 0) is 80.9 Å². The Morgan fingerprint density at radius 1 is 0.853 bits per heavy atom. The van der Waals surface area contributed by atoms with Crippen LogP contribution in [0.1, 0.15) is 5.56 Å². The summed E-state index contributed by atoms with van der Waals surface area (Å²) in [6, 6.07) is 25.0. The molecule has 0 bridgehead atoms. The van der Waals surface area contributed by atoms with Crippen molar-refractivity contribution in [2.24, 2.45) is 4.36 Å². The number of rotatable bonds is 8. The molecule has 174 valence electrons. The van der Waals surface area contributed by atoms with E-state index in [1.807, 2.05) is 82.1 Å². The molecule has 4 rings (SSSR count). The van der Waals surface area contributed by atoms with Crippen LogP contribution in [0.3, 0.4) is 0 Å². The summed E-state index contributed by atoms with van der Waals surface area (Å²) in [5.41, 5.74) is 7.72. The minimum atomic E-state index is -3.41. The Morgan fingerprint density at radius 3 is 1.94 bits per heavy atom. The van der Waals surface area contributed by atoms with Gasteiger partial charge in [0.2, 0.25) is 5.95 Å². The molecule has 4 aromatic rings. The normalized spacial score (nSPS) is 12.6. The third-order valence-corrected chi connectivity index (χ3v) is 6.71. The zero-order valence-corrected chi connectivity index (χ0v) is 21.6. The first-order valence-electron chi connectivity index (χ1n) is 9.96. The second-order valence-corrected chi connectivity index (χ2v) is 12.1. The standard InChI is InChI=1S/C22H21N6O2PS3/c1-15-12-13-18(19(14-15)28-34(29,30)31)26-27-20-23-21(32-16-8-4-2-5-9-16)25-22(24-20)33-17-10-6-3-7-11-17/h2-14,26H,31H2,1H3,(H,28,29,30)(H,23,24,25,27). The molecule has 1 heterocycles. The lowest BCUT2D eigenvalue weighted by atomic mass is 10.2. The predicted molar refractivity (Wildman–Crippen MR) is 142 cm³/mol. The summed E-state index contributed by atoms with van der Waals surface area (Å²) in [5.74, 6) is 0.300. The van der Waals surface area contributed by atoms with E-state index in [0.717, 1.165) is 15.4 Å². The fourth-order valence-corrected chi connectivity index (χ4v) is 5.13. The molecule has 0 aliphatic carbocycles. The van der Waals surface area contributed by atoms with Crippen LogP contribution in [0.25, 0.3) is 0 Å². The van der Waals surface area contributed by atoms with E-state index in [1.165, 1.54) is 23.5 Å². The van der Waals surface area contributed by atoms with Gasteiger partial charge in [0, 0.05) is 9.79 Å². The second kappa shape index (κ2) is 11.2. The molecule has 0 spiro atoms. The SMILES string of the molecule is Cc1ccc(NNc2nc(Sc3ccccc3)nc(Sc3ccccc3)n2)c(N=S(=O)(O)P)c1. The molecule has 34 heavy (non-hydrogen) atoms. The molecule has 0 aliphatic heterocycles. The highest BCUT2D eigenvalue weighted by Crippen LogP contribution is 2.31. The molecule has 1 aromatic heterocycles. The minimum absolute atomic E-state index is 0.300. The number of hydrogen-bond donors (Lipinski definition) is 3. The molecule has 0 amide bonds. The van der Waals surface area contributed by atoms with Crippen molar-refractivity contribution in [3.63, 3.8) is 0 Å². The number of benzene rings is 3. The zero-order chi connectivity index (χ0) is 24.0. The third kappa shape index (κ3) is 7.41. The minimum Gasteiger partial charge on any atom is -0.298 e. The smallest absolute Gasteiger partial charge is 0.246 e. The number of nitrogens with one attached hydrogen (secondary N) is 2. The first-order valence-corrected chi connectivity index (χ1v) is 14.5. The molecule has 0 radical (unpaired) electrons. The molecule has 0 aliphatic rings. The molecule has 0 saturated carbocycles. The Bertz CT molecular complexity index is 1330. The summed E-state index contributed by atoms with van der Waals surface area (Å²) in [6.07, 6.45) is 0. The van der Waals surface area contributed by atoms with Gasteiger partial charge in [-0.2, -0.15) is 19.3 Å². The van der Waals surface area contributed by atoms with E-state index in [1.54, 1.807) is 12.1 Å². The van der Waals surface area contributed by atoms with Crippen LogP contribution in [0.2, 0.25) is 0 Å². The maximum Gasteiger partial charge on any atom is 0.246 e. The molecule has 12 heteroatoms. The fourth-order valence-electron chi connectivity index (χ4n) is 2.76. The Kier molecular flexibility index (Phi) is 8.02. The summed E-state index contributed by atoms with van der Waals surface area (Å²) >= 11 is 2.85. The zero-order valence-electron chi connectivity index (χ0n) is 18.0. The molecule has 2 atom stereocenters. The Labute approximate surface area is 208 Å².